The van der Waals surface area contributed by atoms with Crippen LogP contribution in [0.3, 0.4) is 0 Å². The predicted molar refractivity (Wildman–Crippen MR) is 92.1 cm³/mol. The van der Waals surface area contributed by atoms with Crippen molar-refractivity contribution in [2.24, 2.45) is 0 Å². The summed E-state index contributed by atoms with van der Waals surface area (Å²) in [6.07, 6.45) is 0.850. The molecule has 1 aliphatic rings. The summed E-state index contributed by atoms with van der Waals surface area (Å²) in [7, 11) is 1.76. The molecule has 4 rings (SSSR count). The van der Waals surface area contributed by atoms with Gasteiger partial charge in [0.25, 0.3) is 0 Å². The molecule has 0 saturated carbocycles. The Kier molecular flexibility index (Phi) is 4.53. The standard InChI is InChI=1S/C17H15N3O.C2H6/c1-21-15-10-11-6-2-3-7-12(11)16-17(19-20-18-16)14-9-5-4-8-13(14)15;1-2/h2-9,15H,10H2,1H3,(H,18,19,20);1-2H3. The van der Waals surface area contributed by atoms with Crippen molar-refractivity contribution in [2.45, 2.75) is 26.4 Å². The van der Waals surface area contributed by atoms with E-state index in [1.54, 1.807) is 7.11 Å². The topological polar surface area (TPSA) is 50.8 Å². The number of aromatic amines is 1. The SMILES string of the molecule is CC.COC1Cc2ccccc2-c2n[nH]nc2-c2ccccc21. The van der Waals surface area contributed by atoms with E-state index < -0.39 is 0 Å². The van der Waals surface area contributed by atoms with Crippen molar-refractivity contribution in [3.63, 3.8) is 0 Å². The average Bonchev–Trinajstić information content (AvgIpc) is 3.09. The molecule has 4 heteroatoms. The van der Waals surface area contributed by atoms with Crippen LogP contribution in [-0.4, -0.2) is 22.5 Å². The molecule has 1 atom stereocenters. The van der Waals surface area contributed by atoms with Crippen LogP contribution in [0.1, 0.15) is 31.1 Å². The Balaban J connectivity index is 0.000000753. The van der Waals surface area contributed by atoms with E-state index in [1.165, 1.54) is 5.56 Å². The molecule has 1 heterocycles. The van der Waals surface area contributed by atoms with E-state index in [2.05, 4.69) is 45.7 Å². The van der Waals surface area contributed by atoms with Crippen LogP contribution >= 0.6 is 0 Å². The number of rotatable bonds is 1. The molecule has 4 nitrogen and oxygen atoms in total. The Morgan fingerprint density at radius 1 is 0.913 bits per heavy atom. The molecule has 0 fully saturated rings. The van der Waals surface area contributed by atoms with Crippen LogP contribution in [0.4, 0.5) is 0 Å². The van der Waals surface area contributed by atoms with E-state index in [0.717, 1.165) is 34.5 Å². The van der Waals surface area contributed by atoms with Crippen molar-refractivity contribution in [1.82, 2.24) is 15.4 Å². The zero-order chi connectivity index (χ0) is 16.2. The van der Waals surface area contributed by atoms with Gasteiger partial charge in [-0.05, 0) is 11.1 Å². The molecule has 1 aliphatic carbocycles. The van der Waals surface area contributed by atoms with Crippen molar-refractivity contribution in [2.75, 3.05) is 7.11 Å². The van der Waals surface area contributed by atoms with Gasteiger partial charge in [-0.1, -0.05) is 62.4 Å². The summed E-state index contributed by atoms with van der Waals surface area (Å²) < 4.78 is 5.74. The second kappa shape index (κ2) is 6.75. The zero-order valence-corrected chi connectivity index (χ0v) is 13.7. The number of nitrogens with one attached hydrogen (secondary N) is 1. The van der Waals surface area contributed by atoms with Crippen molar-refractivity contribution >= 4 is 0 Å². The van der Waals surface area contributed by atoms with Crippen LogP contribution in [0.25, 0.3) is 22.5 Å². The second-order valence-electron chi connectivity index (χ2n) is 5.19. The largest absolute Gasteiger partial charge is 0.376 e. The first-order chi connectivity index (χ1) is 11.4. The lowest BCUT2D eigenvalue weighted by molar-refractivity contribution is 0.104. The van der Waals surface area contributed by atoms with Gasteiger partial charge in [-0.3, -0.25) is 0 Å². The number of hydrogen-bond acceptors (Lipinski definition) is 3. The van der Waals surface area contributed by atoms with Crippen LogP contribution in [0.15, 0.2) is 48.5 Å². The molecule has 118 valence electrons. The molecule has 23 heavy (non-hydrogen) atoms. The first kappa shape index (κ1) is 15.4. The maximum atomic E-state index is 5.74. The van der Waals surface area contributed by atoms with Gasteiger partial charge in [-0.25, -0.2) is 0 Å². The van der Waals surface area contributed by atoms with Gasteiger partial charge in [0.05, 0.1) is 6.10 Å². The number of methoxy groups -OCH3 is 1. The number of benzene rings is 2. The summed E-state index contributed by atoms with van der Waals surface area (Å²) in [4.78, 5) is 0. The fourth-order valence-corrected chi connectivity index (χ4v) is 3.05. The Morgan fingerprint density at radius 3 is 2.26 bits per heavy atom. The normalized spacial score (nSPS) is 15.2. The third-order valence-corrected chi connectivity index (χ3v) is 4.07. The predicted octanol–water partition coefficient (Wildman–Crippen LogP) is 4.41. The highest BCUT2D eigenvalue weighted by molar-refractivity contribution is 5.81. The number of fused-ring (bicyclic) bond motifs is 5. The molecule has 0 spiro atoms. The highest BCUT2D eigenvalue weighted by atomic mass is 16.5. The van der Waals surface area contributed by atoms with Crippen LogP contribution in [0.2, 0.25) is 0 Å². The lowest BCUT2D eigenvalue weighted by Gasteiger charge is -2.22. The Hall–Kier alpha value is -2.46. The summed E-state index contributed by atoms with van der Waals surface area (Å²) in [5.41, 5.74) is 6.39. The van der Waals surface area contributed by atoms with Crippen LogP contribution < -0.4 is 0 Å². The van der Waals surface area contributed by atoms with E-state index in [4.69, 9.17) is 4.74 Å². The maximum Gasteiger partial charge on any atom is 0.121 e. The highest BCUT2D eigenvalue weighted by Gasteiger charge is 2.25. The van der Waals surface area contributed by atoms with Gasteiger partial charge in [0.15, 0.2) is 0 Å². The van der Waals surface area contributed by atoms with E-state index in [0.29, 0.717) is 0 Å². The Bertz CT molecular complexity index is 795. The van der Waals surface area contributed by atoms with Gasteiger partial charge in [0.1, 0.15) is 11.4 Å². The van der Waals surface area contributed by atoms with E-state index in [1.807, 2.05) is 32.0 Å². The molecule has 1 unspecified atom stereocenters. The smallest absolute Gasteiger partial charge is 0.121 e. The number of nitrogens with zero attached hydrogens (tertiary/aromatic N) is 2. The van der Waals surface area contributed by atoms with Crippen molar-refractivity contribution in [3.8, 4) is 22.5 Å². The number of aromatic nitrogens is 3. The number of hydrogen-bond donors (Lipinski definition) is 1. The minimum absolute atomic E-state index is 0.0206. The lowest BCUT2D eigenvalue weighted by Crippen LogP contribution is -2.10. The van der Waals surface area contributed by atoms with Gasteiger partial charge in [0, 0.05) is 24.7 Å². The Morgan fingerprint density at radius 2 is 1.52 bits per heavy atom. The molecule has 0 radical (unpaired) electrons. The van der Waals surface area contributed by atoms with E-state index >= 15 is 0 Å². The first-order valence-corrected chi connectivity index (χ1v) is 7.99. The molecule has 1 N–H and O–H groups in total. The van der Waals surface area contributed by atoms with Crippen molar-refractivity contribution in [3.05, 3.63) is 59.7 Å². The van der Waals surface area contributed by atoms with Gasteiger partial charge in [0.2, 0.25) is 0 Å². The number of ether oxygens (including phenoxy) is 1. The average molecular weight is 307 g/mol. The molecular formula is C19H21N3O. The molecule has 0 saturated heterocycles. The second-order valence-corrected chi connectivity index (χ2v) is 5.19. The minimum Gasteiger partial charge on any atom is -0.376 e. The van der Waals surface area contributed by atoms with Gasteiger partial charge in [-0.2, -0.15) is 15.4 Å². The monoisotopic (exact) mass is 307 g/mol. The molecule has 2 aromatic carbocycles. The van der Waals surface area contributed by atoms with E-state index in [9.17, 15) is 0 Å². The molecular weight excluding hydrogens is 286 g/mol. The zero-order valence-electron chi connectivity index (χ0n) is 13.7. The van der Waals surface area contributed by atoms with Gasteiger partial charge < -0.3 is 4.74 Å². The lowest BCUT2D eigenvalue weighted by atomic mass is 9.88. The minimum atomic E-state index is 0.0206. The molecule has 0 aliphatic heterocycles. The van der Waals surface area contributed by atoms with Crippen molar-refractivity contribution in [1.29, 1.82) is 0 Å². The first-order valence-electron chi connectivity index (χ1n) is 7.99. The van der Waals surface area contributed by atoms with Gasteiger partial charge in [-0.15, -0.1) is 0 Å². The van der Waals surface area contributed by atoms with Gasteiger partial charge >= 0.3 is 0 Å². The summed E-state index contributed by atoms with van der Waals surface area (Å²) in [6, 6.07) is 16.6. The quantitative estimate of drug-likeness (QED) is 0.724. The fraction of sp³-hybridized carbons (Fsp3) is 0.263. The van der Waals surface area contributed by atoms with Crippen LogP contribution in [-0.2, 0) is 11.2 Å². The third kappa shape index (κ3) is 2.66. The highest BCUT2D eigenvalue weighted by Crippen LogP contribution is 2.39. The molecule has 3 aromatic rings. The summed E-state index contributed by atoms with van der Waals surface area (Å²) in [5.74, 6) is 0. The van der Waals surface area contributed by atoms with Crippen LogP contribution in [0, 0.1) is 0 Å². The number of H-pyrrole nitrogens is 1. The fourth-order valence-electron chi connectivity index (χ4n) is 3.05. The molecule has 1 aromatic heterocycles. The maximum absolute atomic E-state index is 5.74. The van der Waals surface area contributed by atoms with E-state index in [-0.39, 0.29) is 6.10 Å². The molecule has 0 bridgehead atoms. The van der Waals surface area contributed by atoms with Crippen LogP contribution in [0.5, 0.6) is 0 Å². The van der Waals surface area contributed by atoms with Crippen molar-refractivity contribution < 1.29 is 4.74 Å². The summed E-state index contributed by atoms with van der Waals surface area (Å²) in [5, 5.41) is 11.5. The third-order valence-electron chi connectivity index (χ3n) is 4.07. The Labute approximate surface area is 136 Å². The molecule has 0 amide bonds. The summed E-state index contributed by atoms with van der Waals surface area (Å²) in [6.45, 7) is 4.00. The summed E-state index contributed by atoms with van der Waals surface area (Å²) >= 11 is 0.